The first-order chi connectivity index (χ1) is 13.9. The largest absolute Gasteiger partial charge is 0.478 e. The Balaban J connectivity index is 0.000000237. The first-order valence-electron chi connectivity index (χ1n) is 8.48. The normalized spacial score (nSPS) is 10.9. The summed E-state index contributed by atoms with van der Waals surface area (Å²) in [5.74, 6) is -2.83. The van der Waals surface area contributed by atoms with Crippen LogP contribution in [0.25, 0.3) is 22.2 Å². The molecule has 0 unspecified atom stereocenters. The van der Waals surface area contributed by atoms with E-state index in [1.54, 1.807) is 6.07 Å². The fourth-order valence-electron chi connectivity index (χ4n) is 2.55. The second-order valence-corrected chi connectivity index (χ2v) is 5.84. The molecule has 29 heavy (non-hydrogen) atoms. The lowest BCUT2D eigenvalue weighted by atomic mass is 10.0. The molecule has 7 nitrogen and oxygen atoms in total. The molecule has 0 atom stereocenters. The molecule has 0 bridgehead atoms. The smallest absolute Gasteiger partial charge is 0.332 e. The Morgan fingerprint density at radius 3 is 2.55 bits per heavy atom. The Hall–Kier alpha value is -3.78. The molecule has 0 spiro atoms. The summed E-state index contributed by atoms with van der Waals surface area (Å²) in [6.07, 6.45) is 2.05. The molecule has 1 aromatic heterocycles. The quantitative estimate of drug-likeness (QED) is 0.426. The SMILES string of the molecule is C=CC/C(=C\C(=O)O)C(=O)O.NCc1ccccc1-c1noc2cc(F)ccc12. The number of carbonyl (C=O) groups is 2. The molecule has 0 saturated carbocycles. The van der Waals surface area contributed by atoms with Gasteiger partial charge < -0.3 is 20.5 Å². The van der Waals surface area contributed by atoms with Crippen LogP contribution in [0.1, 0.15) is 12.0 Å². The minimum absolute atomic E-state index is 0.0572. The van der Waals surface area contributed by atoms with E-state index in [2.05, 4.69) is 11.7 Å². The lowest BCUT2D eigenvalue weighted by molar-refractivity contribution is -0.135. The number of aliphatic carboxylic acids is 2. The zero-order chi connectivity index (χ0) is 21.4. The summed E-state index contributed by atoms with van der Waals surface area (Å²) in [6.45, 7) is 3.72. The van der Waals surface area contributed by atoms with Crippen LogP contribution in [0.5, 0.6) is 0 Å². The third kappa shape index (κ3) is 5.60. The number of nitrogens with zero attached hydrogens (tertiary/aromatic N) is 1. The summed E-state index contributed by atoms with van der Waals surface area (Å²) in [5, 5.41) is 21.4. The van der Waals surface area contributed by atoms with Crippen molar-refractivity contribution >= 4 is 22.9 Å². The zero-order valence-electron chi connectivity index (χ0n) is 15.3. The average molecular weight is 398 g/mol. The third-order valence-corrected chi connectivity index (χ3v) is 3.86. The highest BCUT2D eigenvalue weighted by Gasteiger charge is 2.13. The molecule has 0 saturated heterocycles. The Morgan fingerprint density at radius 1 is 1.21 bits per heavy atom. The summed E-state index contributed by atoms with van der Waals surface area (Å²) in [4.78, 5) is 20.3. The number of carboxylic acids is 2. The van der Waals surface area contributed by atoms with Crippen LogP contribution < -0.4 is 5.73 Å². The highest BCUT2D eigenvalue weighted by atomic mass is 19.1. The number of nitrogens with two attached hydrogens (primary N) is 1. The number of benzene rings is 2. The molecule has 0 aliphatic rings. The van der Waals surface area contributed by atoms with Crippen molar-refractivity contribution in [2.75, 3.05) is 0 Å². The molecule has 3 aromatic rings. The predicted molar refractivity (Wildman–Crippen MR) is 105 cm³/mol. The summed E-state index contributed by atoms with van der Waals surface area (Å²) < 4.78 is 18.2. The van der Waals surface area contributed by atoms with E-state index in [9.17, 15) is 14.0 Å². The van der Waals surface area contributed by atoms with Crippen molar-refractivity contribution in [3.8, 4) is 11.3 Å². The second kappa shape index (κ2) is 9.95. The summed E-state index contributed by atoms with van der Waals surface area (Å²) in [7, 11) is 0. The van der Waals surface area contributed by atoms with Crippen LogP contribution in [-0.2, 0) is 16.1 Å². The van der Waals surface area contributed by atoms with Crippen LogP contribution in [0.4, 0.5) is 4.39 Å². The number of hydrogen-bond acceptors (Lipinski definition) is 5. The number of hydrogen-bond donors (Lipinski definition) is 3. The van der Waals surface area contributed by atoms with Gasteiger partial charge in [-0.05, 0) is 24.1 Å². The van der Waals surface area contributed by atoms with E-state index in [1.807, 2.05) is 24.3 Å². The first kappa shape index (κ1) is 21.5. The minimum atomic E-state index is -1.26. The molecule has 0 aliphatic heterocycles. The molecule has 0 amide bonds. The van der Waals surface area contributed by atoms with Gasteiger partial charge in [0.25, 0.3) is 0 Å². The first-order valence-corrected chi connectivity index (χ1v) is 8.48. The predicted octanol–water partition coefficient (Wildman–Crippen LogP) is 3.75. The molecule has 0 fully saturated rings. The monoisotopic (exact) mass is 398 g/mol. The van der Waals surface area contributed by atoms with Crippen LogP contribution in [0.2, 0.25) is 0 Å². The van der Waals surface area contributed by atoms with Crippen LogP contribution in [0.15, 0.2) is 71.3 Å². The van der Waals surface area contributed by atoms with Crippen molar-refractivity contribution < 1.29 is 28.7 Å². The topological polar surface area (TPSA) is 127 Å². The number of allylic oxidation sites excluding steroid dienone is 1. The molecule has 150 valence electrons. The van der Waals surface area contributed by atoms with Crippen LogP contribution >= 0.6 is 0 Å². The highest BCUT2D eigenvalue weighted by molar-refractivity contribution is 5.94. The Bertz CT molecular complexity index is 1070. The maximum atomic E-state index is 13.1. The highest BCUT2D eigenvalue weighted by Crippen LogP contribution is 2.30. The van der Waals surface area contributed by atoms with Gasteiger partial charge in [-0.25, -0.2) is 14.0 Å². The summed E-state index contributed by atoms with van der Waals surface area (Å²) in [5.41, 5.74) is 8.58. The fraction of sp³-hybridized carbons (Fsp3) is 0.0952. The number of carboxylic acid groups (broad SMARTS) is 2. The lowest BCUT2D eigenvalue weighted by Gasteiger charge is -2.03. The van der Waals surface area contributed by atoms with Crippen molar-refractivity contribution in [2.24, 2.45) is 5.73 Å². The summed E-state index contributed by atoms with van der Waals surface area (Å²) >= 11 is 0. The van der Waals surface area contributed by atoms with Gasteiger partial charge in [-0.2, -0.15) is 0 Å². The third-order valence-electron chi connectivity index (χ3n) is 3.86. The van der Waals surface area contributed by atoms with Crippen molar-refractivity contribution in [3.63, 3.8) is 0 Å². The van der Waals surface area contributed by atoms with Crippen LogP contribution in [0.3, 0.4) is 0 Å². The van der Waals surface area contributed by atoms with Gasteiger partial charge in [-0.1, -0.05) is 35.5 Å². The molecule has 0 aliphatic carbocycles. The van der Waals surface area contributed by atoms with Crippen molar-refractivity contribution in [1.82, 2.24) is 5.16 Å². The number of halogens is 1. The van der Waals surface area contributed by atoms with E-state index in [4.69, 9.17) is 20.5 Å². The molecule has 0 radical (unpaired) electrons. The number of aromatic nitrogens is 1. The fourth-order valence-corrected chi connectivity index (χ4v) is 2.55. The van der Waals surface area contributed by atoms with Gasteiger partial charge in [0.1, 0.15) is 11.5 Å². The van der Waals surface area contributed by atoms with Crippen molar-refractivity contribution in [1.29, 1.82) is 0 Å². The molecule has 2 aromatic carbocycles. The van der Waals surface area contributed by atoms with Gasteiger partial charge in [-0.3, -0.25) is 0 Å². The van der Waals surface area contributed by atoms with Gasteiger partial charge in [0, 0.05) is 35.2 Å². The number of fused-ring (bicyclic) bond motifs is 1. The van der Waals surface area contributed by atoms with Crippen LogP contribution in [-0.4, -0.2) is 27.3 Å². The molecule has 8 heteroatoms. The maximum absolute atomic E-state index is 13.1. The summed E-state index contributed by atoms with van der Waals surface area (Å²) in [6, 6.07) is 12.1. The number of rotatable bonds is 6. The van der Waals surface area contributed by atoms with E-state index >= 15 is 0 Å². The zero-order valence-corrected chi connectivity index (χ0v) is 15.3. The van der Waals surface area contributed by atoms with E-state index in [1.165, 1.54) is 18.2 Å². The standard InChI is InChI=1S/C14H11FN2O.C7H8O4/c15-10-5-6-12-13(7-10)18-17-14(12)11-4-2-1-3-9(11)8-16;1-2-3-5(7(10)11)4-6(8)9/h1-7H,8,16H2;2,4H,1,3H2,(H,8,9)(H,10,11)/b;5-4+. The lowest BCUT2D eigenvalue weighted by Crippen LogP contribution is -2.02. The van der Waals surface area contributed by atoms with Gasteiger partial charge in [-0.15, -0.1) is 6.58 Å². The van der Waals surface area contributed by atoms with Gasteiger partial charge >= 0.3 is 11.9 Å². The molecular weight excluding hydrogens is 379 g/mol. The molecule has 3 rings (SSSR count). The van der Waals surface area contributed by atoms with Gasteiger partial charge in [0.05, 0.1) is 0 Å². The Labute approximate surface area is 165 Å². The Kier molecular flexibility index (Phi) is 7.39. The van der Waals surface area contributed by atoms with Gasteiger partial charge in [0.2, 0.25) is 0 Å². The van der Waals surface area contributed by atoms with E-state index in [0.717, 1.165) is 16.5 Å². The van der Waals surface area contributed by atoms with E-state index in [-0.39, 0.29) is 17.8 Å². The molecule has 1 heterocycles. The van der Waals surface area contributed by atoms with Crippen molar-refractivity contribution in [2.45, 2.75) is 13.0 Å². The minimum Gasteiger partial charge on any atom is -0.478 e. The average Bonchev–Trinajstić information content (AvgIpc) is 3.10. The van der Waals surface area contributed by atoms with E-state index in [0.29, 0.717) is 23.9 Å². The maximum Gasteiger partial charge on any atom is 0.332 e. The second-order valence-electron chi connectivity index (χ2n) is 5.84. The molecular formula is C21H19FN2O5. The Morgan fingerprint density at radius 2 is 1.93 bits per heavy atom. The van der Waals surface area contributed by atoms with Crippen LogP contribution in [0, 0.1) is 5.82 Å². The van der Waals surface area contributed by atoms with Gasteiger partial charge in [0.15, 0.2) is 5.58 Å². The van der Waals surface area contributed by atoms with Crippen molar-refractivity contribution in [3.05, 3.63) is 78.1 Å². The molecule has 4 N–H and O–H groups in total. The van der Waals surface area contributed by atoms with E-state index < -0.39 is 11.9 Å².